The van der Waals surface area contributed by atoms with Gasteiger partial charge in [-0.15, -0.1) is 0 Å². The average molecular weight is 342 g/mol. The van der Waals surface area contributed by atoms with Crippen LogP contribution in [-0.4, -0.2) is 19.5 Å². The Labute approximate surface area is 143 Å². The van der Waals surface area contributed by atoms with E-state index in [2.05, 4.69) is 12.7 Å². The zero-order valence-electron chi connectivity index (χ0n) is 13.8. The van der Waals surface area contributed by atoms with Crippen LogP contribution in [0.15, 0.2) is 71.7 Å². The number of sulfone groups is 1. The normalized spacial score (nSPS) is 31.9. The van der Waals surface area contributed by atoms with E-state index in [0.29, 0.717) is 16.9 Å². The van der Waals surface area contributed by atoms with Crippen LogP contribution in [0.4, 0.5) is 0 Å². The molecule has 0 fully saturated rings. The van der Waals surface area contributed by atoms with Gasteiger partial charge in [-0.25, -0.2) is 8.42 Å². The van der Waals surface area contributed by atoms with Gasteiger partial charge in [0, 0.05) is 11.3 Å². The van der Waals surface area contributed by atoms with E-state index < -0.39 is 26.4 Å². The summed E-state index contributed by atoms with van der Waals surface area (Å²) in [6, 6.07) is 8.52. The molecule has 2 aliphatic carbocycles. The van der Waals surface area contributed by atoms with E-state index in [4.69, 9.17) is 0 Å². The van der Waals surface area contributed by atoms with Crippen molar-refractivity contribution in [2.45, 2.75) is 36.3 Å². The van der Waals surface area contributed by atoms with E-state index in [-0.39, 0.29) is 5.78 Å². The summed E-state index contributed by atoms with van der Waals surface area (Å²) in [5.74, 6) is -0.600. The highest BCUT2D eigenvalue weighted by molar-refractivity contribution is 7.92. The molecule has 0 unspecified atom stereocenters. The van der Waals surface area contributed by atoms with Gasteiger partial charge in [0.1, 0.15) is 0 Å². The zero-order valence-corrected chi connectivity index (χ0v) is 14.6. The third kappa shape index (κ3) is 2.80. The largest absolute Gasteiger partial charge is 0.290 e. The first-order valence-corrected chi connectivity index (χ1v) is 9.80. The zero-order chi connectivity index (χ0) is 17.4. The van der Waals surface area contributed by atoms with Crippen LogP contribution in [0, 0.1) is 11.3 Å². The van der Waals surface area contributed by atoms with Crippen molar-refractivity contribution in [3.8, 4) is 0 Å². The quantitative estimate of drug-likeness (QED) is 0.605. The van der Waals surface area contributed by atoms with Crippen LogP contribution in [0.1, 0.15) is 26.2 Å². The Bertz CT molecular complexity index is 818. The van der Waals surface area contributed by atoms with Crippen molar-refractivity contribution in [3.05, 3.63) is 66.8 Å². The van der Waals surface area contributed by atoms with E-state index in [1.807, 2.05) is 19.1 Å². The predicted octanol–water partition coefficient (Wildman–Crippen LogP) is 3.89. The Balaban J connectivity index is 2.15. The second-order valence-electron chi connectivity index (χ2n) is 6.80. The Morgan fingerprint density at radius 3 is 2.58 bits per heavy atom. The van der Waals surface area contributed by atoms with Crippen molar-refractivity contribution in [2.24, 2.45) is 11.3 Å². The van der Waals surface area contributed by atoms with Gasteiger partial charge in [-0.1, -0.05) is 49.9 Å². The van der Waals surface area contributed by atoms with E-state index in [1.54, 1.807) is 30.3 Å². The third-order valence-electron chi connectivity index (χ3n) is 5.13. The third-order valence-corrected chi connectivity index (χ3v) is 7.37. The number of rotatable bonds is 2. The van der Waals surface area contributed by atoms with Gasteiger partial charge in [0.15, 0.2) is 15.6 Å². The minimum absolute atomic E-state index is 0.167. The first-order chi connectivity index (χ1) is 11.4. The van der Waals surface area contributed by atoms with Gasteiger partial charge in [0.25, 0.3) is 0 Å². The highest BCUT2D eigenvalue weighted by Gasteiger charge is 2.47. The molecule has 0 radical (unpaired) electrons. The molecule has 0 spiro atoms. The van der Waals surface area contributed by atoms with Gasteiger partial charge in [0.2, 0.25) is 0 Å². The van der Waals surface area contributed by atoms with Crippen LogP contribution < -0.4 is 0 Å². The fraction of sp³-hybridized carbons (Fsp3) is 0.350. The Kier molecular flexibility index (Phi) is 4.35. The number of hydrogen-bond donors (Lipinski definition) is 0. The Morgan fingerprint density at radius 1 is 1.17 bits per heavy atom. The average Bonchev–Trinajstić information content (AvgIpc) is 2.55. The SMILES string of the molecule is C=C1C(=O)C=C[C@]2(C)/C=C\CCC[C@H](S(=O)(=O)c3ccccc3)[C@H]12. The van der Waals surface area contributed by atoms with Crippen molar-refractivity contribution in [1.29, 1.82) is 0 Å². The summed E-state index contributed by atoms with van der Waals surface area (Å²) in [6.45, 7) is 5.94. The molecule has 3 nitrogen and oxygen atoms in total. The maximum absolute atomic E-state index is 13.3. The summed E-state index contributed by atoms with van der Waals surface area (Å²) < 4.78 is 26.6. The molecule has 1 aromatic rings. The molecular weight excluding hydrogens is 320 g/mol. The van der Waals surface area contributed by atoms with E-state index in [9.17, 15) is 13.2 Å². The first kappa shape index (κ1) is 16.9. The maximum atomic E-state index is 13.3. The fourth-order valence-electron chi connectivity index (χ4n) is 3.84. The molecule has 0 N–H and O–H groups in total. The molecule has 24 heavy (non-hydrogen) atoms. The lowest BCUT2D eigenvalue weighted by Crippen LogP contribution is -2.43. The standard InChI is InChI=1S/C20H22O3S/c1-15-17(21)12-14-20(2)13-8-4-7-11-18(19(15)20)24(22,23)16-9-5-3-6-10-16/h3,5-6,8-10,12-14,18-19H,1,4,7,11H2,2H3/b13-8-/t18-,19-,20-/m0/s1. The molecule has 2 aliphatic rings. The van der Waals surface area contributed by atoms with Crippen molar-refractivity contribution < 1.29 is 13.2 Å². The highest BCUT2D eigenvalue weighted by Crippen LogP contribution is 2.46. The summed E-state index contributed by atoms with van der Waals surface area (Å²) in [4.78, 5) is 12.5. The lowest BCUT2D eigenvalue weighted by atomic mass is 9.66. The molecule has 0 heterocycles. The summed E-state index contributed by atoms with van der Waals surface area (Å²) in [6.07, 6.45) is 9.65. The molecule has 0 amide bonds. The predicted molar refractivity (Wildman–Crippen MR) is 95.3 cm³/mol. The first-order valence-electron chi connectivity index (χ1n) is 8.25. The minimum atomic E-state index is -3.55. The molecule has 0 saturated heterocycles. The monoisotopic (exact) mass is 342 g/mol. The molecule has 0 bridgehead atoms. The van der Waals surface area contributed by atoms with E-state index in [1.165, 1.54) is 6.08 Å². The number of hydrogen-bond acceptors (Lipinski definition) is 3. The van der Waals surface area contributed by atoms with Crippen LogP contribution in [0.3, 0.4) is 0 Å². The number of carbonyl (C=O) groups excluding carboxylic acids is 1. The van der Waals surface area contributed by atoms with Gasteiger partial charge >= 0.3 is 0 Å². The molecular formula is C20H22O3S. The Hall–Kier alpha value is -1.94. The van der Waals surface area contributed by atoms with Gasteiger partial charge < -0.3 is 0 Å². The van der Waals surface area contributed by atoms with Crippen molar-refractivity contribution in [2.75, 3.05) is 0 Å². The lowest BCUT2D eigenvalue weighted by molar-refractivity contribution is -0.112. The molecule has 0 aromatic heterocycles. The van der Waals surface area contributed by atoms with Gasteiger partial charge in [-0.05, 0) is 43.0 Å². The number of benzene rings is 1. The van der Waals surface area contributed by atoms with Crippen LogP contribution >= 0.6 is 0 Å². The number of ketones is 1. The van der Waals surface area contributed by atoms with E-state index in [0.717, 1.165) is 12.8 Å². The van der Waals surface area contributed by atoms with Crippen LogP contribution in [0.2, 0.25) is 0 Å². The summed E-state index contributed by atoms with van der Waals surface area (Å²) in [5, 5.41) is -0.642. The molecule has 0 aliphatic heterocycles. The van der Waals surface area contributed by atoms with Gasteiger partial charge in [-0.2, -0.15) is 0 Å². The maximum Gasteiger partial charge on any atom is 0.181 e. The summed E-state index contributed by atoms with van der Waals surface area (Å²) in [7, 11) is -3.55. The highest BCUT2D eigenvalue weighted by atomic mass is 32.2. The van der Waals surface area contributed by atoms with Crippen LogP contribution in [0.5, 0.6) is 0 Å². The number of fused-ring (bicyclic) bond motifs is 1. The minimum Gasteiger partial charge on any atom is -0.290 e. The van der Waals surface area contributed by atoms with Gasteiger partial charge in [0.05, 0.1) is 10.1 Å². The molecule has 3 atom stereocenters. The summed E-state index contributed by atoms with van der Waals surface area (Å²) in [5.41, 5.74) is -0.103. The molecule has 4 heteroatoms. The van der Waals surface area contributed by atoms with Crippen LogP contribution in [0.25, 0.3) is 0 Å². The molecule has 3 rings (SSSR count). The second kappa shape index (κ2) is 6.17. The van der Waals surface area contributed by atoms with Crippen LogP contribution in [-0.2, 0) is 14.6 Å². The van der Waals surface area contributed by atoms with Crippen molar-refractivity contribution in [1.82, 2.24) is 0 Å². The summed E-state index contributed by atoms with van der Waals surface area (Å²) >= 11 is 0. The smallest absolute Gasteiger partial charge is 0.181 e. The number of allylic oxidation sites excluding steroid dienone is 5. The van der Waals surface area contributed by atoms with Crippen molar-refractivity contribution in [3.63, 3.8) is 0 Å². The fourth-order valence-corrected chi connectivity index (χ4v) is 6.02. The second-order valence-corrected chi connectivity index (χ2v) is 8.96. The van der Waals surface area contributed by atoms with Gasteiger partial charge in [-0.3, -0.25) is 4.79 Å². The Morgan fingerprint density at radius 2 is 1.88 bits per heavy atom. The molecule has 126 valence electrons. The topological polar surface area (TPSA) is 51.2 Å². The van der Waals surface area contributed by atoms with E-state index >= 15 is 0 Å². The molecule has 1 aromatic carbocycles. The lowest BCUT2D eigenvalue weighted by Gasteiger charge is -2.42. The van der Waals surface area contributed by atoms with Crippen molar-refractivity contribution >= 4 is 15.6 Å². The number of carbonyl (C=O) groups is 1. The molecule has 0 saturated carbocycles.